The van der Waals surface area contributed by atoms with Gasteiger partial charge in [0.25, 0.3) is 0 Å². The molecule has 0 unspecified atom stereocenters. The summed E-state index contributed by atoms with van der Waals surface area (Å²) in [6.45, 7) is 2.14. The van der Waals surface area contributed by atoms with Gasteiger partial charge in [-0.1, -0.05) is 0 Å². The lowest BCUT2D eigenvalue weighted by Gasteiger charge is -2.01. The Morgan fingerprint density at radius 3 is 2.87 bits per heavy atom. The first-order chi connectivity index (χ1) is 7.15. The van der Waals surface area contributed by atoms with Gasteiger partial charge in [-0.3, -0.25) is 4.68 Å². The van der Waals surface area contributed by atoms with E-state index in [0.29, 0.717) is 24.0 Å². The summed E-state index contributed by atoms with van der Waals surface area (Å²) in [7, 11) is 1.74. The van der Waals surface area contributed by atoms with Crippen LogP contribution >= 0.6 is 0 Å². The van der Waals surface area contributed by atoms with Gasteiger partial charge in [0.2, 0.25) is 0 Å². The number of aryl methyl sites for hydroxylation is 1. The van der Waals surface area contributed by atoms with Gasteiger partial charge in [-0.2, -0.15) is 5.10 Å². The second kappa shape index (κ2) is 3.56. The first-order valence-corrected chi connectivity index (χ1v) is 5.14. The van der Waals surface area contributed by atoms with Crippen molar-refractivity contribution < 1.29 is 9.53 Å². The minimum atomic E-state index is -0.369. The third-order valence-corrected chi connectivity index (χ3v) is 2.58. The van der Waals surface area contributed by atoms with Crippen LogP contribution in [0, 0.1) is 0 Å². The number of anilines is 1. The van der Waals surface area contributed by atoms with Crippen molar-refractivity contribution in [3.8, 4) is 0 Å². The zero-order valence-electron chi connectivity index (χ0n) is 8.99. The number of carbonyl (C=O) groups excluding carboxylic acids is 1. The zero-order chi connectivity index (χ0) is 11.0. The maximum absolute atomic E-state index is 11.6. The molecular weight excluding hydrogens is 194 g/mol. The maximum Gasteiger partial charge on any atom is 0.359 e. The Labute approximate surface area is 88.2 Å². The van der Waals surface area contributed by atoms with Crippen LogP contribution in [0.15, 0.2) is 0 Å². The molecule has 1 aromatic heterocycles. The van der Waals surface area contributed by atoms with Crippen molar-refractivity contribution >= 4 is 11.8 Å². The number of nitrogens with zero attached hydrogens (tertiary/aromatic N) is 2. The number of carbonyl (C=O) groups is 1. The summed E-state index contributed by atoms with van der Waals surface area (Å²) in [6.07, 6.45) is 2.17. The highest BCUT2D eigenvalue weighted by Crippen LogP contribution is 2.44. The van der Waals surface area contributed by atoms with E-state index in [4.69, 9.17) is 10.5 Å². The van der Waals surface area contributed by atoms with E-state index >= 15 is 0 Å². The van der Waals surface area contributed by atoms with Crippen LogP contribution in [0.3, 0.4) is 0 Å². The molecule has 15 heavy (non-hydrogen) atoms. The van der Waals surface area contributed by atoms with Crippen LogP contribution in [0.1, 0.15) is 41.7 Å². The van der Waals surface area contributed by atoms with Crippen LogP contribution in [0.5, 0.6) is 0 Å². The number of esters is 1. The van der Waals surface area contributed by atoms with Gasteiger partial charge >= 0.3 is 5.97 Å². The van der Waals surface area contributed by atoms with E-state index in [0.717, 1.165) is 18.4 Å². The molecule has 1 saturated carbocycles. The molecule has 82 valence electrons. The van der Waals surface area contributed by atoms with Gasteiger partial charge in [-0.05, 0) is 25.7 Å². The van der Waals surface area contributed by atoms with Crippen molar-refractivity contribution in [2.24, 2.45) is 7.05 Å². The molecule has 1 fully saturated rings. The SMILES string of the molecule is CCOC(=O)c1nn(C)c(N)c1C1CC1. The molecule has 0 atom stereocenters. The summed E-state index contributed by atoms with van der Waals surface area (Å²) in [4.78, 5) is 11.6. The Hall–Kier alpha value is -1.52. The molecule has 1 aliphatic rings. The highest BCUT2D eigenvalue weighted by Gasteiger charge is 2.34. The van der Waals surface area contributed by atoms with E-state index in [1.807, 2.05) is 0 Å². The Morgan fingerprint density at radius 2 is 2.33 bits per heavy atom. The molecule has 0 spiro atoms. The van der Waals surface area contributed by atoms with Crippen molar-refractivity contribution in [2.75, 3.05) is 12.3 Å². The van der Waals surface area contributed by atoms with Gasteiger partial charge in [-0.15, -0.1) is 0 Å². The van der Waals surface area contributed by atoms with Crippen molar-refractivity contribution in [1.29, 1.82) is 0 Å². The van der Waals surface area contributed by atoms with Gasteiger partial charge in [0, 0.05) is 12.6 Å². The molecule has 5 nitrogen and oxygen atoms in total. The van der Waals surface area contributed by atoms with Crippen LogP contribution in [-0.2, 0) is 11.8 Å². The van der Waals surface area contributed by atoms with Crippen LogP contribution < -0.4 is 5.73 Å². The van der Waals surface area contributed by atoms with E-state index < -0.39 is 0 Å². The van der Waals surface area contributed by atoms with E-state index in [9.17, 15) is 4.79 Å². The fraction of sp³-hybridized carbons (Fsp3) is 0.600. The zero-order valence-corrected chi connectivity index (χ0v) is 8.99. The normalized spacial score (nSPS) is 15.3. The van der Waals surface area contributed by atoms with E-state index in [-0.39, 0.29) is 5.97 Å². The molecule has 0 saturated heterocycles. The summed E-state index contributed by atoms with van der Waals surface area (Å²) in [5.74, 6) is 0.616. The highest BCUT2D eigenvalue weighted by molar-refractivity contribution is 5.90. The Morgan fingerprint density at radius 1 is 1.67 bits per heavy atom. The van der Waals surface area contributed by atoms with Crippen molar-refractivity contribution in [3.05, 3.63) is 11.3 Å². The molecule has 1 heterocycles. The molecule has 0 radical (unpaired) electrons. The summed E-state index contributed by atoms with van der Waals surface area (Å²) in [5.41, 5.74) is 7.13. The lowest BCUT2D eigenvalue weighted by atomic mass is 10.1. The van der Waals surface area contributed by atoms with E-state index in [2.05, 4.69) is 5.10 Å². The van der Waals surface area contributed by atoms with Crippen LogP contribution in [-0.4, -0.2) is 22.4 Å². The van der Waals surface area contributed by atoms with Crippen LogP contribution in [0.2, 0.25) is 0 Å². The molecule has 0 bridgehead atoms. The minimum absolute atomic E-state index is 0.361. The third-order valence-electron chi connectivity index (χ3n) is 2.58. The van der Waals surface area contributed by atoms with Gasteiger partial charge in [0.1, 0.15) is 5.82 Å². The molecule has 0 aliphatic heterocycles. The van der Waals surface area contributed by atoms with Gasteiger partial charge in [-0.25, -0.2) is 4.79 Å². The average molecular weight is 209 g/mol. The topological polar surface area (TPSA) is 70.1 Å². The smallest absolute Gasteiger partial charge is 0.359 e. The molecule has 5 heteroatoms. The van der Waals surface area contributed by atoms with E-state index in [1.165, 1.54) is 0 Å². The fourth-order valence-electron chi connectivity index (χ4n) is 1.68. The van der Waals surface area contributed by atoms with Crippen molar-refractivity contribution in [2.45, 2.75) is 25.7 Å². The largest absolute Gasteiger partial charge is 0.461 e. The Balaban J connectivity index is 2.37. The van der Waals surface area contributed by atoms with Gasteiger partial charge < -0.3 is 10.5 Å². The molecular formula is C10H15N3O2. The number of nitrogen functional groups attached to an aromatic ring is 1. The lowest BCUT2D eigenvalue weighted by molar-refractivity contribution is 0.0517. The second-order valence-corrected chi connectivity index (χ2v) is 3.77. The molecule has 0 amide bonds. The predicted octanol–water partition coefficient (Wildman–Crippen LogP) is 1.06. The predicted molar refractivity (Wildman–Crippen MR) is 55.6 cm³/mol. The number of rotatable bonds is 3. The minimum Gasteiger partial charge on any atom is -0.461 e. The maximum atomic E-state index is 11.6. The summed E-state index contributed by atoms with van der Waals surface area (Å²) < 4.78 is 6.49. The summed E-state index contributed by atoms with van der Waals surface area (Å²) >= 11 is 0. The first-order valence-electron chi connectivity index (χ1n) is 5.14. The highest BCUT2D eigenvalue weighted by atomic mass is 16.5. The molecule has 2 N–H and O–H groups in total. The molecule has 1 aliphatic carbocycles. The Bertz CT molecular complexity index is 394. The van der Waals surface area contributed by atoms with E-state index in [1.54, 1.807) is 18.7 Å². The average Bonchev–Trinajstić information content (AvgIpc) is 2.97. The molecule has 2 rings (SSSR count). The van der Waals surface area contributed by atoms with Crippen LogP contribution in [0.4, 0.5) is 5.82 Å². The third kappa shape index (κ3) is 1.69. The Kier molecular flexibility index (Phi) is 2.38. The number of nitrogens with two attached hydrogens (primary N) is 1. The quantitative estimate of drug-likeness (QED) is 0.755. The first kappa shape index (κ1) is 10.0. The number of ether oxygens (including phenoxy) is 1. The molecule has 1 aromatic rings. The number of aromatic nitrogens is 2. The standard InChI is InChI=1S/C10H15N3O2/c1-3-15-10(14)8-7(6-4-5-6)9(11)13(2)12-8/h6H,3-5,11H2,1-2H3. The summed E-state index contributed by atoms with van der Waals surface area (Å²) in [5, 5.41) is 4.11. The van der Waals surface area contributed by atoms with Crippen LogP contribution in [0.25, 0.3) is 0 Å². The van der Waals surface area contributed by atoms with Crippen molar-refractivity contribution in [1.82, 2.24) is 9.78 Å². The summed E-state index contributed by atoms with van der Waals surface area (Å²) in [6, 6.07) is 0. The second-order valence-electron chi connectivity index (χ2n) is 3.77. The molecule has 0 aromatic carbocycles. The lowest BCUT2D eigenvalue weighted by Crippen LogP contribution is -2.08. The van der Waals surface area contributed by atoms with Crippen molar-refractivity contribution in [3.63, 3.8) is 0 Å². The van der Waals surface area contributed by atoms with Gasteiger partial charge in [0.15, 0.2) is 5.69 Å². The fourth-order valence-corrected chi connectivity index (χ4v) is 1.68. The van der Waals surface area contributed by atoms with Gasteiger partial charge in [0.05, 0.1) is 6.61 Å². The number of hydrogen-bond donors (Lipinski definition) is 1. The monoisotopic (exact) mass is 209 g/mol. The number of hydrogen-bond acceptors (Lipinski definition) is 4.